The Labute approximate surface area is 129 Å². The minimum absolute atomic E-state index is 0.361. The first-order chi connectivity index (χ1) is 9.02. The highest BCUT2D eigenvalue weighted by molar-refractivity contribution is 9.10. The third-order valence-corrected chi connectivity index (χ3v) is 4.12. The van der Waals surface area contributed by atoms with Gasteiger partial charge in [0.05, 0.1) is 12.5 Å². The maximum atomic E-state index is 13.4. The Hall–Kier alpha value is -0.770. The molecule has 0 spiro atoms. The van der Waals surface area contributed by atoms with E-state index in [1.165, 1.54) is 19.2 Å². The summed E-state index contributed by atoms with van der Waals surface area (Å²) in [5, 5.41) is 0.0120. The van der Waals surface area contributed by atoms with E-state index in [0.717, 1.165) is 10.0 Å². The van der Waals surface area contributed by atoms with E-state index in [2.05, 4.69) is 15.9 Å². The molecule has 2 rings (SSSR count). The molecule has 1 nitrogen and oxygen atoms in total. The fraction of sp³-hybridized carbons (Fsp3) is 0.143. The van der Waals surface area contributed by atoms with Crippen LogP contribution in [0.5, 0.6) is 5.75 Å². The lowest BCUT2D eigenvalue weighted by molar-refractivity contribution is 0.409. The normalized spacial score (nSPS) is 12.3. The summed E-state index contributed by atoms with van der Waals surface area (Å²) in [7, 11) is 1.52. The molecule has 2 aromatic carbocycles. The van der Waals surface area contributed by atoms with Gasteiger partial charge in [-0.05, 0) is 42.0 Å². The number of methoxy groups -OCH3 is 1. The van der Waals surface area contributed by atoms with Crippen LogP contribution < -0.4 is 4.74 Å². The molecule has 0 radical (unpaired) electrons. The Kier molecular flexibility index (Phi) is 4.71. The maximum absolute atomic E-state index is 13.4. The lowest BCUT2D eigenvalue weighted by atomic mass is 10.0. The van der Waals surface area contributed by atoms with E-state index >= 15 is 0 Å². The first-order valence-corrected chi connectivity index (χ1v) is 7.06. The standard InChI is InChI=1S/C14H10BrCl2FO/c1-19-13-5-3-9(18)7-11(13)14(17)10-6-8(16)2-4-12(10)15/h2-7,14H,1H3. The van der Waals surface area contributed by atoms with Gasteiger partial charge in [0.15, 0.2) is 0 Å². The summed E-state index contributed by atoms with van der Waals surface area (Å²) >= 11 is 15.8. The minimum atomic E-state index is -0.557. The zero-order valence-corrected chi connectivity index (χ0v) is 13.1. The van der Waals surface area contributed by atoms with E-state index in [1.54, 1.807) is 24.3 Å². The Morgan fingerprint density at radius 2 is 1.89 bits per heavy atom. The van der Waals surface area contributed by atoms with Crippen molar-refractivity contribution in [1.29, 1.82) is 0 Å². The summed E-state index contributed by atoms with van der Waals surface area (Å²) in [6.45, 7) is 0. The number of ether oxygens (including phenoxy) is 1. The third-order valence-electron chi connectivity index (χ3n) is 2.70. The molecule has 1 unspecified atom stereocenters. The molecule has 0 saturated heterocycles. The van der Waals surface area contributed by atoms with E-state index in [4.69, 9.17) is 27.9 Å². The van der Waals surface area contributed by atoms with E-state index in [-0.39, 0.29) is 5.82 Å². The molecule has 0 aliphatic carbocycles. The number of alkyl halides is 1. The monoisotopic (exact) mass is 362 g/mol. The Bertz CT molecular complexity index is 604. The summed E-state index contributed by atoms with van der Waals surface area (Å²) < 4.78 is 19.4. The van der Waals surface area contributed by atoms with Crippen molar-refractivity contribution in [2.24, 2.45) is 0 Å². The van der Waals surface area contributed by atoms with Crippen LogP contribution in [0.1, 0.15) is 16.5 Å². The van der Waals surface area contributed by atoms with Gasteiger partial charge in [-0.25, -0.2) is 4.39 Å². The second kappa shape index (κ2) is 6.12. The highest BCUT2D eigenvalue weighted by Crippen LogP contribution is 2.39. The van der Waals surface area contributed by atoms with E-state index in [9.17, 15) is 4.39 Å². The van der Waals surface area contributed by atoms with Crippen LogP contribution in [-0.4, -0.2) is 7.11 Å². The first kappa shape index (κ1) is 14.6. The van der Waals surface area contributed by atoms with Crippen LogP contribution in [0.3, 0.4) is 0 Å². The molecule has 0 aliphatic heterocycles. The second-order valence-electron chi connectivity index (χ2n) is 3.91. The van der Waals surface area contributed by atoms with Gasteiger partial charge in [-0.2, -0.15) is 0 Å². The van der Waals surface area contributed by atoms with Crippen molar-refractivity contribution >= 4 is 39.1 Å². The van der Waals surface area contributed by atoms with Crippen LogP contribution in [-0.2, 0) is 0 Å². The molecular weight excluding hydrogens is 354 g/mol. The molecule has 0 fully saturated rings. The molecule has 19 heavy (non-hydrogen) atoms. The number of hydrogen-bond acceptors (Lipinski definition) is 1. The number of benzene rings is 2. The van der Waals surface area contributed by atoms with Crippen molar-refractivity contribution in [3.63, 3.8) is 0 Å². The SMILES string of the molecule is COc1ccc(F)cc1C(Cl)c1cc(Cl)ccc1Br. The van der Waals surface area contributed by atoms with Crippen LogP contribution >= 0.6 is 39.1 Å². The van der Waals surface area contributed by atoms with E-state index in [1.807, 2.05) is 0 Å². The van der Waals surface area contributed by atoms with Crippen LogP contribution in [0.15, 0.2) is 40.9 Å². The van der Waals surface area contributed by atoms with Crippen LogP contribution in [0.2, 0.25) is 5.02 Å². The summed E-state index contributed by atoms with van der Waals surface area (Å²) in [5.74, 6) is 0.174. The second-order valence-corrected chi connectivity index (χ2v) is 5.64. The quantitative estimate of drug-likeness (QED) is 0.647. The van der Waals surface area contributed by atoms with Gasteiger partial charge in [-0.15, -0.1) is 11.6 Å². The zero-order chi connectivity index (χ0) is 14.0. The third kappa shape index (κ3) is 3.22. The molecule has 0 N–H and O–H groups in total. The highest BCUT2D eigenvalue weighted by Gasteiger charge is 2.19. The lowest BCUT2D eigenvalue weighted by Crippen LogP contribution is -1.99. The highest BCUT2D eigenvalue weighted by atomic mass is 79.9. The van der Waals surface area contributed by atoms with Gasteiger partial charge in [-0.3, -0.25) is 0 Å². The van der Waals surface area contributed by atoms with Gasteiger partial charge in [0.25, 0.3) is 0 Å². The topological polar surface area (TPSA) is 9.23 Å². The molecule has 1 atom stereocenters. The van der Waals surface area contributed by atoms with Crippen molar-refractivity contribution in [3.8, 4) is 5.75 Å². The molecular formula is C14H10BrCl2FO. The Balaban J connectivity index is 2.51. The van der Waals surface area contributed by atoms with Gasteiger partial charge in [0.1, 0.15) is 11.6 Å². The van der Waals surface area contributed by atoms with Crippen LogP contribution in [0.4, 0.5) is 4.39 Å². The summed E-state index contributed by atoms with van der Waals surface area (Å²) in [6, 6.07) is 9.55. The summed E-state index contributed by atoms with van der Waals surface area (Å²) in [5.41, 5.74) is 1.32. The van der Waals surface area contributed by atoms with Gasteiger partial charge in [0, 0.05) is 15.1 Å². The Morgan fingerprint density at radius 1 is 1.16 bits per heavy atom. The molecule has 0 amide bonds. The van der Waals surface area contributed by atoms with Gasteiger partial charge in [0.2, 0.25) is 0 Å². The number of rotatable bonds is 3. The molecule has 100 valence electrons. The summed E-state index contributed by atoms with van der Waals surface area (Å²) in [6.07, 6.45) is 0. The number of hydrogen-bond donors (Lipinski definition) is 0. The molecule has 2 aromatic rings. The minimum Gasteiger partial charge on any atom is -0.496 e. The molecule has 5 heteroatoms. The summed E-state index contributed by atoms with van der Waals surface area (Å²) in [4.78, 5) is 0. The molecule has 0 bridgehead atoms. The molecule has 0 heterocycles. The van der Waals surface area contributed by atoms with E-state index in [0.29, 0.717) is 16.3 Å². The average Bonchev–Trinajstić information content (AvgIpc) is 2.40. The largest absolute Gasteiger partial charge is 0.496 e. The smallest absolute Gasteiger partial charge is 0.124 e. The van der Waals surface area contributed by atoms with E-state index < -0.39 is 5.38 Å². The van der Waals surface area contributed by atoms with Crippen molar-refractivity contribution in [2.75, 3.05) is 7.11 Å². The Morgan fingerprint density at radius 3 is 2.58 bits per heavy atom. The predicted octanol–water partition coefficient (Wildman–Crippen LogP) is 5.58. The van der Waals surface area contributed by atoms with Crippen molar-refractivity contribution in [2.45, 2.75) is 5.38 Å². The molecule has 0 saturated carbocycles. The van der Waals surface area contributed by atoms with Gasteiger partial charge < -0.3 is 4.74 Å². The van der Waals surface area contributed by atoms with Crippen molar-refractivity contribution in [1.82, 2.24) is 0 Å². The zero-order valence-electron chi connectivity index (χ0n) is 9.96. The van der Waals surface area contributed by atoms with Gasteiger partial charge >= 0.3 is 0 Å². The average molecular weight is 364 g/mol. The van der Waals surface area contributed by atoms with Crippen LogP contribution in [0.25, 0.3) is 0 Å². The predicted molar refractivity (Wildman–Crippen MR) is 79.8 cm³/mol. The lowest BCUT2D eigenvalue weighted by Gasteiger charge is -2.16. The van der Waals surface area contributed by atoms with Gasteiger partial charge in [-0.1, -0.05) is 27.5 Å². The molecule has 0 aliphatic rings. The first-order valence-electron chi connectivity index (χ1n) is 5.45. The fourth-order valence-corrected chi connectivity index (χ4v) is 2.92. The van der Waals surface area contributed by atoms with Crippen molar-refractivity contribution < 1.29 is 9.13 Å². The number of halogens is 4. The molecule has 0 aromatic heterocycles. The maximum Gasteiger partial charge on any atom is 0.124 e. The fourth-order valence-electron chi connectivity index (χ4n) is 1.78. The van der Waals surface area contributed by atoms with Crippen LogP contribution in [0, 0.1) is 5.82 Å². The van der Waals surface area contributed by atoms with Crippen molar-refractivity contribution in [3.05, 3.63) is 62.8 Å².